The molecule has 0 radical (unpaired) electrons. The molecule has 1 aromatic heterocycles. The second kappa shape index (κ2) is 9.21. The lowest BCUT2D eigenvalue weighted by Crippen LogP contribution is -2.49. The summed E-state index contributed by atoms with van der Waals surface area (Å²) in [6, 6.07) is 9.91. The molecule has 148 valence electrons. The van der Waals surface area contributed by atoms with Crippen molar-refractivity contribution >= 4 is 17.7 Å². The first-order chi connectivity index (χ1) is 13.6. The van der Waals surface area contributed by atoms with E-state index in [0.29, 0.717) is 44.9 Å². The molecule has 0 spiro atoms. The molecule has 0 atom stereocenters. The summed E-state index contributed by atoms with van der Waals surface area (Å²) in [5.74, 6) is -0.153. The van der Waals surface area contributed by atoms with Crippen molar-refractivity contribution in [2.75, 3.05) is 37.7 Å². The molecule has 1 saturated heterocycles. The number of pyridine rings is 1. The van der Waals surface area contributed by atoms with Crippen LogP contribution in [0.25, 0.3) is 0 Å². The Labute approximate surface area is 165 Å². The molecule has 0 saturated carbocycles. The van der Waals surface area contributed by atoms with E-state index in [9.17, 15) is 9.59 Å². The average molecular weight is 382 g/mol. The molecule has 3 rings (SSSR count). The zero-order valence-electron chi connectivity index (χ0n) is 16.4. The number of benzene rings is 1. The Morgan fingerprint density at radius 2 is 1.82 bits per heavy atom. The summed E-state index contributed by atoms with van der Waals surface area (Å²) in [6.07, 6.45) is 3.05. The Hall–Kier alpha value is -3.09. The topological polar surface area (TPSA) is 74.8 Å². The molecule has 0 aliphatic carbocycles. The van der Waals surface area contributed by atoms with Crippen LogP contribution in [0.15, 0.2) is 42.7 Å². The van der Waals surface area contributed by atoms with E-state index in [1.165, 1.54) is 5.56 Å². The smallest absolute Gasteiger partial charge is 0.409 e. The summed E-state index contributed by atoms with van der Waals surface area (Å²) in [6.45, 7) is 7.21. The molecule has 1 fully saturated rings. The molecule has 7 heteroatoms. The van der Waals surface area contributed by atoms with Crippen LogP contribution >= 0.6 is 0 Å². The summed E-state index contributed by atoms with van der Waals surface area (Å²) in [5.41, 5.74) is 3.65. The van der Waals surface area contributed by atoms with Crippen LogP contribution in [0, 0.1) is 6.92 Å². The molecule has 1 aliphatic heterocycles. The second-order valence-electron chi connectivity index (χ2n) is 6.77. The van der Waals surface area contributed by atoms with Crippen LogP contribution in [0.1, 0.15) is 28.4 Å². The maximum Gasteiger partial charge on any atom is 0.409 e. The fourth-order valence-electron chi connectivity index (χ4n) is 3.08. The van der Waals surface area contributed by atoms with Gasteiger partial charge in [0.05, 0.1) is 24.1 Å². The number of aromatic nitrogens is 1. The number of ether oxygens (including phenoxy) is 1. The van der Waals surface area contributed by atoms with Gasteiger partial charge in [0.15, 0.2) is 0 Å². The number of anilines is 1. The Morgan fingerprint density at radius 3 is 2.50 bits per heavy atom. The van der Waals surface area contributed by atoms with Crippen molar-refractivity contribution < 1.29 is 14.3 Å². The molecule has 1 aliphatic rings. The van der Waals surface area contributed by atoms with Gasteiger partial charge in [-0.15, -0.1) is 0 Å². The maximum absolute atomic E-state index is 12.5. The van der Waals surface area contributed by atoms with Crippen molar-refractivity contribution in [3.63, 3.8) is 0 Å². The number of hydrogen-bond donors (Lipinski definition) is 1. The fourth-order valence-corrected chi connectivity index (χ4v) is 3.08. The van der Waals surface area contributed by atoms with Crippen molar-refractivity contribution in [1.82, 2.24) is 15.2 Å². The van der Waals surface area contributed by atoms with Crippen LogP contribution in [0.5, 0.6) is 0 Å². The maximum atomic E-state index is 12.5. The van der Waals surface area contributed by atoms with Gasteiger partial charge in [0.25, 0.3) is 5.91 Å². The van der Waals surface area contributed by atoms with Gasteiger partial charge in [-0.05, 0) is 25.5 Å². The molecule has 2 heterocycles. The summed E-state index contributed by atoms with van der Waals surface area (Å²) >= 11 is 0. The summed E-state index contributed by atoms with van der Waals surface area (Å²) in [5, 5.41) is 2.93. The normalized spacial score (nSPS) is 13.9. The summed E-state index contributed by atoms with van der Waals surface area (Å²) in [7, 11) is 0. The van der Waals surface area contributed by atoms with Gasteiger partial charge in [0.1, 0.15) is 0 Å². The van der Waals surface area contributed by atoms with Crippen molar-refractivity contribution in [2.24, 2.45) is 0 Å². The number of carbonyl (C=O) groups excluding carboxylic acids is 2. The zero-order chi connectivity index (χ0) is 19.9. The van der Waals surface area contributed by atoms with Gasteiger partial charge in [-0.25, -0.2) is 4.79 Å². The Morgan fingerprint density at radius 1 is 1.11 bits per heavy atom. The van der Waals surface area contributed by atoms with Gasteiger partial charge in [-0.1, -0.05) is 29.8 Å². The molecular weight excluding hydrogens is 356 g/mol. The minimum atomic E-state index is -0.274. The number of hydrogen-bond acceptors (Lipinski definition) is 5. The number of nitrogens with zero attached hydrogens (tertiary/aromatic N) is 3. The lowest BCUT2D eigenvalue weighted by atomic mass is 10.1. The molecule has 1 N–H and O–H groups in total. The predicted molar refractivity (Wildman–Crippen MR) is 107 cm³/mol. The second-order valence-corrected chi connectivity index (χ2v) is 6.77. The molecule has 2 aromatic rings. The zero-order valence-corrected chi connectivity index (χ0v) is 16.4. The van der Waals surface area contributed by atoms with Crippen LogP contribution < -0.4 is 10.2 Å². The molecule has 7 nitrogen and oxygen atoms in total. The van der Waals surface area contributed by atoms with Crippen molar-refractivity contribution in [1.29, 1.82) is 0 Å². The van der Waals surface area contributed by atoms with Crippen molar-refractivity contribution in [3.05, 3.63) is 59.4 Å². The van der Waals surface area contributed by atoms with Crippen LogP contribution in [-0.4, -0.2) is 54.7 Å². The van der Waals surface area contributed by atoms with Gasteiger partial charge < -0.3 is 19.9 Å². The quantitative estimate of drug-likeness (QED) is 0.860. The SMILES string of the molecule is CCOC(=O)N1CCN(c2cncc(C(=O)NCc3ccc(C)cc3)c2)CC1. The van der Waals surface area contributed by atoms with E-state index >= 15 is 0 Å². The number of nitrogens with one attached hydrogen (secondary N) is 1. The monoisotopic (exact) mass is 382 g/mol. The number of rotatable bonds is 5. The fraction of sp³-hybridized carbons (Fsp3) is 0.381. The molecule has 28 heavy (non-hydrogen) atoms. The number of piperazine rings is 1. The summed E-state index contributed by atoms with van der Waals surface area (Å²) < 4.78 is 5.05. The third-order valence-electron chi connectivity index (χ3n) is 4.73. The van der Waals surface area contributed by atoms with Crippen molar-refractivity contribution in [3.8, 4) is 0 Å². The molecule has 1 aromatic carbocycles. The Balaban J connectivity index is 1.57. The van der Waals surface area contributed by atoms with Gasteiger partial charge >= 0.3 is 6.09 Å². The highest BCUT2D eigenvalue weighted by atomic mass is 16.6. The minimum absolute atomic E-state index is 0.153. The minimum Gasteiger partial charge on any atom is -0.450 e. The van der Waals surface area contributed by atoms with E-state index in [2.05, 4.69) is 15.2 Å². The van der Waals surface area contributed by atoms with E-state index < -0.39 is 0 Å². The van der Waals surface area contributed by atoms with E-state index in [0.717, 1.165) is 11.3 Å². The first kappa shape index (κ1) is 19.7. The highest BCUT2D eigenvalue weighted by Gasteiger charge is 2.22. The number of amides is 2. The molecule has 2 amide bonds. The molecule has 0 unspecified atom stereocenters. The summed E-state index contributed by atoms with van der Waals surface area (Å²) in [4.78, 5) is 32.4. The van der Waals surface area contributed by atoms with Crippen LogP contribution in [-0.2, 0) is 11.3 Å². The van der Waals surface area contributed by atoms with E-state index in [-0.39, 0.29) is 12.0 Å². The lowest BCUT2D eigenvalue weighted by molar-refractivity contribution is 0.0950. The largest absolute Gasteiger partial charge is 0.450 e. The standard InChI is InChI=1S/C21H26N4O3/c1-3-28-21(27)25-10-8-24(9-11-25)19-12-18(14-22-15-19)20(26)23-13-17-6-4-16(2)5-7-17/h4-7,12,14-15H,3,8-11,13H2,1-2H3,(H,23,26). The average Bonchev–Trinajstić information content (AvgIpc) is 2.73. The van der Waals surface area contributed by atoms with E-state index in [4.69, 9.17) is 4.74 Å². The first-order valence-corrected chi connectivity index (χ1v) is 9.52. The molecule has 0 bridgehead atoms. The van der Waals surface area contributed by atoms with E-state index in [1.807, 2.05) is 37.3 Å². The molecular formula is C21H26N4O3. The predicted octanol–water partition coefficient (Wildman–Crippen LogP) is 2.60. The third-order valence-corrected chi connectivity index (χ3v) is 4.73. The van der Waals surface area contributed by atoms with Gasteiger partial charge in [0, 0.05) is 38.9 Å². The first-order valence-electron chi connectivity index (χ1n) is 9.52. The lowest BCUT2D eigenvalue weighted by Gasteiger charge is -2.35. The highest BCUT2D eigenvalue weighted by molar-refractivity contribution is 5.94. The Bertz CT molecular complexity index is 815. The van der Waals surface area contributed by atoms with Crippen LogP contribution in [0.2, 0.25) is 0 Å². The third kappa shape index (κ3) is 5.00. The van der Waals surface area contributed by atoms with Gasteiger partial charge in [0.2, 0.25) is 0 Å². The number of aryl methyl sites for hydroxylation is 1. The highest BCUT2D eigenvalue weighted by Crippen LogP contribution is 2.17. The van der Waals surface area contributed by atoms with Crippen LogP contribution in [0.3, 0.4) is 0 Å². The Kier molecular flexibility index (Phi) is 6.47. The van der Waals surface area contributed by atoms with Crippen molar-refractivity contribution in [2.45, 2.75) is 20.4 Å². The van der Waals surface area contributed by atoms with Crippen LogP contribution in [0.4, 0.5) is 10.5 Å². The van der Waals surface area contributed by atoms with Gasteiger partial charge in [-0.3, -0.25) is 9.78 Å². The number of carbonyl (C=O) groups is 2. The van der Waals surface area contributed by atoms with E-state index in [1.54, 1.807) is 24.2 Å². The van der Waals surface area contributed by atoms with Gasteiger partial charge in [-0.2, -0.15) is 0 Å².